The number of hydrogen-bond donors (Lipinski definition) is 0. The third-order valence-corrected chi connectivity index (χ3v) is 18.9. The third kappa shape index (κ3) is 12.3. The summed E-state index contributed by atoms with van der Waals surface area (Å²) >= 11 is 0. The van der Waals surface area contributed by atoms with Crippen molar-refractivity contribution in [2.75, 3.05) is 24.6 Å². The molecule has 0 saturated carbocycles. The summed E-state index contributed by atoms with van der Waals surface area (Å²) in [7, 11) is -3.77. The maximum atomic E-state index is 14.6. The molecule has 1 unspecified atom stereocenters. The number of allylic oxidation sites excluding steroid dienone is 3. The van der Waals surface area contributed by atoms with Crippen molar-refractivity contribution in [2.24, 2.45) is 0 Å². The van der Waals surface area contributed by atoms with Gasteiger partial charge in [-0.15, -0.1) is 0 Å². The average molecular weight is 587 g/mol. The second kappa shape index (κ2) is 19.9. The third-order valence-electron chi connectivity index (χ3n) is 9.18. The number of rotatable bonds is 26. The van der Waals surface area contributed by atoms with E-state index < -0.39 is 21.7 Å². The summed E-state index contributed by atoms with van der Waals surface area (Å²) < 4.78 is 35.3. The molecule has 0 aromatic carbocycles. The molecule has 0 N–H and O–H groups in total. The molecule has 0 amide bonds. The van der Waals surface area contributed by atoms with Gasteiger partial charge < -0.3 is 0 Å². The summed E-state index contributed by atoms with van der Waals surface area (Å²) in [5, 5.41) is 0. The van der Waals surface area contributed by atoms with Crippen molar-refractivity contribution < 1.29 is 12.4 Å². The van der Waals surface area contributed by atoms with Gasteiger partial charge in [0.2, 0.25) is 0 Å². The Labute approximate surface area is 245 Å². The monoisotopic (exact) mass is 586 g/mol. The fourth-order valence-corrected chi connectivity index (χ4v) is 17.2. The zero-order chi connectivity index (χ0) is 29.0. The number of hydrogen-bond acceptors (Lipinski definition) is 3. The summed E-state index contributed by atoms with van der Waals surface area (Å²) in [5.41, 5.74) is 0. The second-order valence-electron chi connectivity index (χ2n) is 12.7. The Balaban J connectivity index is 3.12. The molecule has 0 radical (unpaired) electrons. The van der Waals surface area contributed by atoms with Crippen molar-refractivity contribution in [1.82, 2.24) is 0 Å². The van der Waals surface area contributed by atoms with E-state index in [0.717, 1.165) is 88.9 Å². The molecular formula is C34H67O3PS. The first-order valence-corrected chi connectivity index (χ1v) is 21.4. The first-order chi connectivity index (χ1) is 18.8. The molecule has 5 heteroatoms. The van der Waals surface area contributed by atoms with Gasteiger partial charge in [-0.1, -0.05) is 19.8 Å². The summed E-state index contributed by atoms with van der Waals surface area (Å²) in [6.07, 6.45) is 34.5. The normalized spacial score (nSPS) is 18.8. The molecule has 0 fully saturated rings. The Morgan fingerprint density at radius 3 is 1.38 bits per heavy atom. The molecule has 0 aliphatic heterocycles. The van der Waals surface area contributed by atoms with Crippen LogP contribution in [0.1, 0.15) is 163 Å². The maximum absolute atomic E-state index is 14.6. The van der Waals surface area contributed by atoms with Crippen molar-refractivity contribution in [1.29, 1.82) is 0 Å². The van der Waals surface area contributed by atoms with Gasteiger partial charge in [0.25, 0.3) is 0 Å². The van der Waals surface area contributed by atoms with Crippen LogP contribution in [-0.4, -0.2) is 37.8 Å². The fourth-order valence-electron chi connectivity index (χ4n) is 6.46. The Bertz CT molecular complexity index is 745. The molecule has 1 rings (SSSR count). The molecule has 1 aliphatic carbocycles. The standard InChI is InChI=1S/C34H67O3PS/c1-6-11-16-17-18-19-20-21-22-24-27-34(28-25-23-26-29-34)39(35,36)37-38(30-12-7-2,31-13-8-3,32-14-9-4)33-15-10-5/h23,25-26,28H,6-22,24,27,29-33H2,1-5H3. The molecule has 0 saturated heterocycles. The zero-order valence-electron chi connectivity index (χ0n) is 26.9. The van der Waals surface area contributed by atoms with E-state index in [2.05, 4.69) is 40.7 Å². The van der Waals surface area contributed by atoms with Crippen LogP contribution in [0.4, 0.5) is 0 Å². The van der Waals surface area contributed by atoms with Crippen LogP contribution < -0.4 is 0 Å². The molecule has 0 heterocycles. The predicted molar refractivity (Wildman–Crippen MR) is 178 cm³/mol. The van der Waals surface area contributed by atoms with Crippen molar-refractivity contribution in [3.8, 4) is 0 Å². The van der Waals surface area contributed by atoms with Gasteiger partial charge >= 0.3 is 226 Å². The first kappa shape index (κ1) is 36.8. The van der Waals surface area contributed by atoms with Gasteiger partial charge in [0.15, 0.2) is 0 Å². The van der Waals surface area contributed by atoms with E-state index in [1.807, 2.05) is 18.2 Å². The van der Waals surface area contributed by atoms with Crippen LogP contribution in [-0.2, 0) is 14.1 Å². The van der Waals surface area contributed by atoms with E-state index in [1.54, 1.807) is 0 Å². The molecule has 1 aliphatic rings. The molecule has 3 nitrogen and oxygen atoms in total. The van der Waals surface area contributed by atoms with Gasteiger partial charge in [0.1, 0.15) is 0 Å². The number of unbranched alkanes of at least 4 members (excludes halogenated alkanes) is 13. The van der Waals surface area contributed by atoms with E-state index in [0.29, 0.717) is 12.8 Å². The molecule has 0 spiro atoms. The minimum absolute atomic E-state index is 0.554. The van der Waals surface area contributed by atoms with E-state index in [9.17, 15) is 8.42 Å². The van der Waals surface area contributed by atoms with Crippen LogP contribution >= 0.6 is 6.83 Å². The summed E-state index contributed by atoms with van der Waals surface area (Å²) in [6.45, 7) is 8.29. The summed E-state index contributed by atoms with van der Waals surface area (Å²) in [4.78, 5) is 0. The van der Waals surface area contributed by atoms with E-state index in [4.69, 9.17) is 3.97 Å². The van der Waals surface area contributed by atoms with Crippen molar-refractivity contribution in [2.45, 2.75) is 168 Å². The van der Waals surface area contributed by atoms with Gasteiger partial charge in [0.05, 0.1) is 0 Å². The quantitative estimate of drug-likeness (QED) is 0.0748. The van der Waals surface area contributed by atoms with E-state index in [1.165, 1.54) is 51.4 Å². The molecule has 39 heavy (non-hydrogen) atoms. The Kier molecular flexibility index (Phi) is 18.8. The van der Waals surface area contributed by atoms with Crippen LogP contribution in [0, 0.1) is 0 Å². The molecular weight excluding hydrogens is 519 g/mol. The van der Waals surface area contributed by atoms with Gasteiger partial charge in [0, 0.05) is 0 Å². The molecule has 0 aromatic rings. The molecule has 1 atom stereocenters. The Morgan fingerprint density at radius 1 is 0.590 bits per heavy atom. The first-order valence-electron chi connectivity index (χ1n) is 17.1. The van der Waals surface area contributed by atoms with Gasteiger partial charge in [-0.2, -0.15) is 0 Å². The zero-order valence-corrected chi connectivity index (χ0v) is 28.6. The fraction of sp³-hybridized carbons (Fsp3) is 0.882. The van der Waals surface area contributed by atoms with Crippen molar-refractivity contribution in [3.63, 3.8) is 0 Å². The van der Waals surface area contributed by atoms with Gasteiger partial charge in [-0.05, 0) is 0 Å². The SMILES string of the molecule is CCCCCCCCCCCCC1(S(=O)(=O)OP(CCCC)(CCCC)(CCCC)CCCC)C=CC=CC1. The van der Waals surface area contributed by atoms with E-state index >= 15 is 0 Å². The predicted octanol–water partition coefficient (Wildman–Crippen LogP) is 11.6. The van der Waals surface area contributed by atoms with Crippen LogP contribution in [0.2, 0.25) is 0 Å². The van der Waals surface area contributed by atoms with Crippen LogP contribution in [0.3, 0.4) is 0 Å². The van der Waals surface area contributed by atoms with Crippen LogP contribution in [0.25, 0.3) is 0 Å². The Hall–Kier alpha value is -0.180. The minimum atomic E-state index is -3.77. The van der Waals surface area contributed by atoms with Crippen molar-refractivity contribution in [3.05, 3.63) is 24.3 Å². The molecule has 0 bridgehead atoms. The van der Waals surface area contributed by atoms with Crippen LogP contribution in [0.5, 0.6) is 0 Å². The van der Waals surface area contributed by atoms with Gasteiger partial charge in [-0.3, -0.25) is 0 Å². The molecule has 0 aromatic heterocycles. The second-order valence-corrected chi connectivity index (χ2v) is 20.5. The molecule has 232 valence electrons. The topological polar surface area (TPSA) is 43.4 Å². The van der Waals surface area contributed by atoms with Gasteiger partial charge in [-0.25, -0.2) is 0 Å². The van der Waals surface area contributed by atoms with E-state index in [-0.39, 0.29) is 0 Å². The van der Waals surface area contributed by atoms with Crippen molar-refractivity contribution >= 4 is 16.9 Å². The Morgan fingerprint density at radius 2 is 1.00 bits per heavy atom. The van der Waals surface area contributed by atoms with Crippen LogP contribution in [0.15, 0.2) is 24.3 Å². The summed E-state index contributed by atoms with van der Waals surface area (Å²) in [5.74, 6) is 0. The summed E-state index contributed by atoms with van der Waals surface area (Å²) in [6, 6.07) is 0. The average Bonchev–Trinajstić information content (AvgIpc) is 2.94.